The first-order valence-corrected chi connectivity index (χ1v) is 10.8. The molecule has 0 unspecified atom stereocenters. The Hall–Kier alpha value is -0.850. The van der Waals surface area contributed by atoms with Crippen LogP contribution in [0, 0.1) is 23.7 Å². The van der Waals surface area contributed by atoms with Gasteiger partial charge in [-0.05, 0) is 76.5 Å². The van der Waals surface area contributed by atoms with E-state index in [0.29, 0.717) is 44.4 Å². The maximum absolute atomic E-state index is 12.3. The highest BCUT2D eigenvalue weighted by atomic mass is 17.2. The monoisotopic (exact) mass is 379 g/mol. The summed E-state index contributed by atoms with van der Waals surface area (Å²) in [6, 6.07) is 0. The lowest BCUT2D eigenvalue weighted by Gasteiger charge is -2.62. The van der Waals surface area contributed by atoms with Crippen LogP contribution in [0.4, 0.5) is 4.79 Å². The van der Waals surface area contributed by atoms with E-state index in [-0.39, 0.29) is 11.7 Å². The Morgan fingerprint density at radius 3 is 2.04 bits per heavy atom. The molecule has 4 aliphatic carbocycles. The summed E-state index contributed by atoms with van der Waals surface area (Å²) in [5.41, 5.74) is -0.694. The molecule has 6 rings (SSSR count). The summed E-state index contributed by atoms with van der Waals surface area (Å²) in [6.07, 6.45) is 7.53. The van der Waals surface area contributed by atoms with Crippen molar-refractivity contribution in [1.82, 2.24) is 4.90 Å². The molecule has 2 saturated heterocycles. The highest BCUT2D eigenvalue weighted by molar-refractivity contribution is 5.68. The van der Waals surface area contributed by atoms with Gasteiger partial charge in [-0.15, -0.1) is 0 Å². The number of amides is 1. The van der Waals surface area contributed by atoms with Crippen molar-refractivity contribution >= 4 is 6.09 Å². The van der Waals surface area contributed by atoms with Crippen molar-refractivity contribution < 1.29 is 24.0 Å². The van der Waals surface area contributed by atoms with Crippen LogP contribution in [0.1, 0.15) is 65.7 Å². The van der Waals surface area contributed by atoms with Gasteiger partial charge in [0.1, 0.15) is 11.2 Å². The molecule has 0 radical (unpaired) electrons. The number of hydrogen-bond acceptors (Lipinski definition) is 5. The van der Waals surface area contributed by atoms with E-state index in [0.717, 1.165) is 11.8 Å². The average molecular weight is 379 g/mol. The van der Waals surface area contributed by atoms with Crippen molar-refractivity contribution in [3.8, 4) is 0 Å². The fourth-order valence-corrected chi connectivity index (χ4v) is 6.38. The fraction of sp³-hybridized carbons (Fsp3) is 0.952. The molecule has 0 aromatic rings. The molecular formula is C21H33NO5. The molecule has 0 aromatic heterocycles. The summed E-state index contributed by atoms with van der Waals surface area (Å²) in [7, 11) is 0. The second-order valence-electron chi connectivity index (χ2n) is 10.6. The largest absolute Gasteiger partial charge is 0.444 e. The minimum absolute atomic E-state index is 0.221. The van der Waals surface area contributed by atoms with Crippen LogP contribution in [0.15, 0.2) is 0 Å². The zero-order chi connectivity index (χ0) is 18.9. The van der Waals surface area contributed by atoms with E-state index in [1.54, 1.807) is 4.90 Å². The number of carbonyl (C=O) groups excluding carboxylic acids is 1. The molecule has 6 fully saturated rings. The third-order valence-electron chi connectivity index (χ3n) is 7.61. The molecule has 0 atom stereocenters. The lowest BCUT2D eigenvalue weighted by Crippen LogP contribution is -2.66. The van der Waals surface area contributed by atoms with Gasteiger partial charge in [-0.3, -0.25) is 0 Å². The zero-order valence-corrected chi connectivity index (χ0v) is 16.9. The van der Waals surface area contributed by atoms with Crippen molar-refractivity contribution in [3.63, 3.8) is 0 Å². The van der Waals surface area contributed by atoms with Crippen LogP contribution in [0.2, 0.25) is 0 Å². The summed E-state index contributed by atoms with van der Waals surface area (Å²) < 4.78 is 11.9. The van der Waals surface area contributed by atoms with E-state index >= 15 is 0 Å². The van der Waals surface area contributed by atoms with E-state index in [9.17, 15) is 4.79 Å². The van der Waals surface area contributed by atoms with Gasteiger partial charge in [-0.2, -0.15) is 0 Å². The lowest BCUT2D eigenvalue weighted by molar-refractivity contribution is -0.538. The first-order valence-electron chi connectivity index (χ1n) is 10.8. The molecular weight excluding hydrogens is 346 g/mol. The number of rotatable bonds is 0. The van der Waals surface area contributed by atoms with Crippen LogP contribution in [0.5, 0.6) is 0 Å². The number of piperidine rings is 1. The van der Waals surface area contributed by atoms with E-state index < -0.39 is 11.4 Å². The molecule has 2 spiro atoms. The van der Waals surface area contributed by atoms with Gasteiger partial charge in [0.05, 0.1) is 6.61 Å². The molecule has 2 aliphatic heterocycles. The second-order valence-corrected chi connectivity index (χ2v) is 10.6. The van der Waals surface area contributed by atoms with Crippen LogP contribution < -0.4 is 0 Å². The Labute approximate surface area is 161 Å². The van der Waals surface area contributed by atoms with Gasteiger partial charge in [-0.25, -0.2) is 14.6 Å². The van der Waals surface area contributed by atoms with Crippen LogP contribution >= 0.6 is 0 Å². The second kappa shape index (κ2) is 6.07. The molecule has 4 bridgehead atoms. The average Bonchev–Trinajstić information content (AvgIpc) is 2.60. The maximum Gasteiger partial charge on any atom is 0.410 e. The molecule has 0 N–H and O–H groups in total. The van der Waals surface area contributed by atoms with Crippen molar-refractivity contribution in [2.75, 3.05) is 19.7 Å². The Balaban J connectivity index is 1.20. The van der Waals surface area contributed by atoms with Crippen LogP contribution in [-0.4, -0.2) is 47.7 Å². The molecule has 6 aliphatic rings. The van der Waals surface area contributed by atoms with Gasteiger partial charge in [0.25, 0.3) is 0 Å². The quantitative estimate of drug-likeness (QED) is 0.598. The summed E-state index contributed by atoms with van der Waals surface area (Å²) in [5, 5.41) is 0. The number of ether oxygens (including phenoxy) is 2. The van der Waals surface area contributed by atoms with Gasteiger partial charge in [0.15, 0.2) is 0 Å². The smallest absolute Gasteiger partial charge is 0.410 e. The van der Waals surface area contributed by atoms with Gasteiger partial charge in [0.2, 0.25) is 5.79 Å². The third-order valence-corrected chi connectivity index (χ3v) is 7.61. The highest BCUT2D eigenvalue weighted by Crippen LogP contribution is 2.61. The molecule has 0 aromatic carbocycles. The van der Waals surface area contributed by atoms with Crippen LogP contribution in [0.25, 0.3) is 0 Å². The number of hydrogen-bond donors (Lipinski definition) is 0. The standard InChI is InChI=1S/C21H33NO5/c1-19(2,3)25-18(23)22-6-4-20(5-7-22)24-13-21(27-26-20)16-9-14-8-15(11-16)12-17(21)10-14/h14-17H,4-13H2,1-3H3. The van der Waals surface area contributed by atoms with Gasteiger partial charge in [-0.1, -0.05) is 0 Å². The van der Waals surface area contributed by atoms with Crippen molar-refractivity contribution in [1.29, 1.82) is 0 Å². The lowest BCUT2D eigenvalue weighted by atomic mass is 9.50. The SMILES string of the molecule is CC(C)(C)OC(=O)N1CCC2(CC1)OCC1(OO2)C2CC3CC(C2)CC1C3. The van der Waals surface area contributed by atoms with Gasteiger partial charge in [0, 0.05) is 25.9 Å². The Morgan fingerprint density at radius 2 is 1.56 bits per heavy atom. The summed E-state index contributed by atoms with van der Waals surface area (Å²) >= 11 is 0. The fourth-order valence-electron chi connectivity index (χ4n) is 6.38. The highest BCUT2D eigenvalue weighted by Gasteiger charge is 2.62. The predicted octanol–water partition coefficient (Wildman–Crippen LogP) is 3.89. The minimum Gasteiger partial charge on any atom is -0.444 e. The molecule has 6 nitrogen and oxygen atoms in total. The maximum atomic E-state index is 12.3. The molecule has 6 heteroatoms. The van der Waals surface area contributed by atoms with Gasteiger partial charge >= 0.3 is 6.09 Å². The number of carbonyl (C=O) groups is 1. The number of likely N-dealkylation sites (tertiary alicyclic amines) is 1. The third kappa shape index (κ3) is 3.08. The minimum atomic E-state index is -0.696. The Bertz CT molecular complexity index is 564. The van der Waals surface area contributed by atoms with E-state index in [2.05, 4.69) is 0 Å². The van der Waals surface area contributed by atoms with Crippen LogP contribution in [-0.2, 0) is 19.2 Å². The first-order chi connectivity index (χ1) is 12.8. The number of nitrogens with zero attached hydrogens (tertiary/aromatic N) is 1. The van der Waals surface area contributed by atoms with Gasteiger partial charge < -0.3 is 14.4 Å². The zero-order valence-electron chi connectivity index (χ0n) is 16.9. The van der Waals surface area contributed by atoms with Crippen LogP contribution in [0.3, 0.4) is 0 Å². The molecule has 1 amide bonds. The molecule has 152 valence electrons. The van der Waals surface area contributed by atoms with E-state index in [1.807, 2.05) is 20.8 Å². The summed E-state index contributed by atoms with van der Waals surface area (Å²) in [6.45, 7) is 7.46. The Kier molecular flexibility index (Phi) is 4.09. The van der Waals surface area contributed by atoms with E-state index in [1.165, 1.54) is 32.1 Å². The predicted molar refractivity (Wildman–Crippen MR) is 97.7 cm³/mol. The van der Waals surface area contributed by atoms with Crippen molar-refractivity contribution in [2.24, 2.45) is 23.7 Å². The van der Waals surface area contributed by atoms with Crippen molar-refractivity contribution in [3.05, 3.63) is 0 Å². The van der Waals surface area contributed by atoms with E-state index in [4.69, 9.17) is 19.2 Å². The normalized spacial score (nSPS) is 42.7. The summed E-state index contributed by atoms with van der Waals surface area (Å²) in [5.74, 6) is 2.28. The topological polar surface area (TPSA) is 57.2 Å². The molecule has 2 heterocycles. The molecule has 27 heavy (non-hydrogen) atoms. The summed E-state index contributed by atoms with van der Waals surface area (Å²) in [4.78, 5) is 26.3. The molecule has 4 saturated carbocycles. The Morgan fingerprint density at radius 1 is 0.963 bits per heavy atom. The first kappa shape index (κ1) is 18.2. The van der Waals surface area contributed by atoms with Crippen molar-refractivity contribution in [2.45, 2.75) is 82.7 Å².